The Balaban J connectivity index is 2.50. The van der Waals surface area contributed by atoms with Gasteiger partial charge in [-0.05, 0) is 37.6 Å². The lowest BCUT2D eigenvalue weighted by Gasteiger charge is -2.14. The maximum Gasteiger partial charge on any atom is 0.153 e. The number of nitrogens with one attached hydrogen (secondary N) is 1. The van der Waals surface area contributed by atoms with Crippen molar-refractivity contribution in [2.24, 2.45) is 0 Å². The van der Waals surface area contributed by atoms with Gasteiger partial charge in [-0.3, -0.25) is 0 Å². The molecule has 0 radical (unpaired) electrons. The highest BCUT2D eigenvalue weighted by Crippen LogP contribution is 2.19. The Bertz CT molecular complexity index is 478. The van der Waals surface area contributed by atoms with E-state index in [1.165, 1.54) is 5.56 Å². The van der Waals surface area contributed by atoms with Gasteiger partial charge in [-0.2, -0.15) is 0 Å². The molecule has 0 saturated carbocycles. The highest BCUT2D eigenvalue weighted by atomic mass is 32.2. The van der Waals surface area contributed by atoms with Crippen molar-refractivity contribution in [3.8, 4) is 5.75 Å². The van der Waals surface area contributed by atoms with Gasteiger partial charge in [0.2, 0.25) is 0 Å². The number of benzene rings is 1. The quantitative estimate of drug-likeness (QED) is 0.761. The van der Waals surface area contributed by atoms with Crippen LogP contribution < -0.4 is 10.1 Å². The van der Waals surface area contributed by atoms with Crippen LogP contribution in [-0.4, -0.2) is 33.6 Å². The van der Waals surface area contributed by atoms with Gasteiger partial charge < -0.3 is 10.1 Å². The molecule has 1 atom stereocenters. The summed E-state index contributed by atoms with van der Waals surface area (Å²) in [4.78, 5) is 0. The largest absolute Gasteiger partial charge is 0.493 e. The van der Waals surface area contributed by atoms with E-state index in [1.807, 2.05) is 38.2 Å². The highest BCUT2D eigenvalue weighted by Gasteiger charge is 2.10. The lowest BCUT2D eigenvalue weighted by Crippen LogP contribution is -2.17. The molecule has 0 heterocycles. The van der Waals surface area contributed by atoms with Gasteiger partial charge in [0.25, 0.3) is 0 Å². The Kier molecular flexibility index (Phi) is 7.02. The minimum absolute atomic E-state index is 0.0801. The topological polar surface area (TPSA) is 55.4 Å². The van der Waals surface area contributed by atoms with Crippen molar-refractivity contribution < 1.29 is 13.2 Å². The van der Waals surface area contributed by atoms with E-state index in [1.54, 1.807) is 0 Å². The van der Waals surface area contributed by atoms with Crippen molar-refractivity contribution in [1.29, 1.82) is 0 Å². The second-order valence-electron chi connectivity index (χ2n) is 4.82. The van der Waals surface area contributed by atoms with Gasteiger partial charge in [0.1, 0.15) is 12.4 Å². The van der Waals surface area contributed by atoms with Crippen LogP contribution in [0.2, 0.25) is 0 Å². The van der Waals surface area contributed by atoms with Gasteiger partial charge in [0.15, 0.2) is 9.84 Å². The van der Waals surface area contributed by atoms with Crippen molar-refractivity contribution in [3.05, 3.63) is 29.8 Å². The molecule has 0 aromatic heterocycles. The first-order valence-electron chi connectivity index (χ1n) is 7.12. The molecule has 0 amide bonds. The van der Waals surface area contributed by atoms with Crippen molar-refractivity contribution in [2.45, 2.75) is 32.7 Å². The zero-order valence-corrected chi connectivity index (χ0v) is 13.4. The lowest BCUT2D eigenvalue weighted by atomic mass is 10.1. The van der Waals surface area contributed by atoms with Crippen molar-refractivity contribution in [3.63, 3.8) is 0 Å². The van der Waals surface area contributed by atoms with Crippen LogP contribution >= 0.6 is 0 Å². The molecule has 0 saturated heterocycles. The molecule has 1 unspecified atom stereocenters. The first kappa shape index (κ1) is 17.0. The number of ether oxygens (including phenoxy) is 1. The molecule has 20 heavy (non-hydrogen) atoms. The van der Waals surface area contributed by atoms with Crippen molar-refractivity contribution in [2.75, 3.05) is 25.2 Å². The van der Waals surface area contributed by atoms with Crippen LogP contribution in [0.3, 0.4) is 0 Å². The van der Waals surface area contributed by atoms with Crippen molar-refractivity contribution >= 4 is 9.84 Å². The van der Waals surface area contributed by atoms with Crippen LogP contribution in [0.5, 0.6) is 5.75 Å². The molecule has 0 bridgehead atoms. The Morgan fingerprint density at radius 2 is 1.80 bits per heavy atom. The van der Waals surface area contributed by atoms with E-state index in [0.717, 1.165) is 6.42 Å². The maximum absolute atomic E-state index is 11.6. The summed E-state index contributed by atoms with van der Waals surface area (Å²) in [5.74, 6) is 1.03. The summed E-state index contributed by atoms with van der Waals surface area (Å²) in [5, 5.41) is 3.24. The van der Waals surface area contributed by atoms with Gasteiger partial charge in [-0.25, -0.2) is 8.42 Å². The lowest BCUT2D eigenvalue weighted by molar-refractivity contribution is 0.340. The van der Waals surface area contributed by atoms with E-state index in [9.17, 15) is 8.42 Å². The molecule has 1 N–H and O–H groups in total. The summed E-state index contributed by atoms with van der Waals surface area (Å²) >= 11 is 0. The average Bonchev–Trinajstić information content (AvgIpc) is 2.41. The fourth-order valence-electron chi connectivity index (χ4n) is 2.10. The molecule has 1 rings (SSSR count). The molecular weight excluding hydrogens is 274 g/mol. The summed E-state index contributed by atoms with van der Waals surface area (Å²) in [7, 11) is -1.02. The minimum Gasteiger partial charge on any atom is -0.493 e. The molecular formula is C15H25NO3S. The van der Waals surface area contributed by atoms with Crippen LogP contribution in [0, 0.1) is 0 Å². The predicted octanol–water partition coefficient (Wildman–Crippen LogP) is 2.56. The smallest absolute Gasteiger partial charge is 0.153 e. The summed E-state index contributed by atoms with van der Waals surface area (Å²) in [6.07, 6.45) is 1.67. The van der Waals surface area contributed by atoms with Crippen LogP contribution in [-0.2, 0) is 9.84 Å². The molecule has 1 aromatic carbocycles. The predicted molar refractivity (Wildman–Crippen MR) is 83.0 cm³/mol. The van der Waals surface area contributed by atoms with Crippen LogP contribution in [0.4, 0.5) is 0 Å². The van der Waals surface area contributed by atoms with E-state index >= 15 is 0 Å². The van der Waals surface area contributed by atoms with E-state index < -0.39 is 9.84 Å². The Hall–Kier alpha value is -1.07. The summed E-state index contributed by atoms with van der Waals surface area (Å²) < 4.78 is 28.6. The number of hydrogen-bond donors (Lipinski definition) is 1. The molecule has 0 fully saturated rings. The zero-order chi connectivity index (χ0) is 15.0. The normalized spacial score (nSPS) is 13.2. The van der Waals surface area contributed by atoms with Crippen LogP contribution in [0.15, 0.2) is 24.3 Å². The maximum atomic E-state index is 11.6. The third-order valence-electron chi connectivity index (χ3n) is 3.22. The van der Waals surface area contributed by atoms with Gasteiger partial charge in [0.05, 0.1) is 11.5 Å². The van der Waals surface area contributed by atoms with Crippen molar-refractivity contribution in [1.82, 2.24) is 5.32 Å². The molecule has 4 nitrogen and oxygen atoms in total. The molecule has 114 valence electrons. The number of hydrogen-bond acceptors (Lipinski definition) is 4. The average molecular weight is 299 g/mol. The second-order valence-corrected chi connectivity index (χ2v) is 7.12. The van der Waals surface area contributed by atoms with E-state index in [-0.39, 0.29) is 18.1 Å². The first-order chi connectivity index (χ1) is 9.52. The second kappa shape index (κ2) is 8.27. The molecule has 5 heteroatoms. The summed E-state index contributed by atoms with van der Waals surface area (Å²) in [6, 6.07) is 8.15. The molecule has 0 spiro atoms. The molecule has 1 aromatic rings. The highest BCUT2D eigenvalue weighted by molar-refractivity contribution is 7.91. The first-order valence-corrected chi connectivity index (χ1v) is 8.95. The third kappa shape index (κ3) is 5.51. The van der Waals surface area contributed by atoms with Gasteiger partial charge in [-0.15, -0.1) is 0 Å². The summed E-state index contributed by atoms with van der Waals surface area (Å²) in [5.41, 5.74) is 1.21. The Labute approximate surface area is 122 Å². The van der Waals surface area contributed by atoms with E-state index in [4.69, 9.17) is 4.74 Å². The van der Waals surface area contributed by atoms with Gasteiger partial charge in [0, 0.05) is 6.04 Å². The minimum atomic E-state index is -2.97. The number of sulfone groups is 1. The standard InChI is InChI=1S/C15H25NO3S/c1-4-11-20(17,18)12-10-19-14-8-6-13(7-9-14)15(5-2)16-3/h6-9,15-16H,4-5,10-12H2,1-3H3. The number of rotatable bonds is 9. The Morgan fingerprint density at radius 3 is 2.30 bits per heavy atom. The van der Waals surface area contributed by atoms with E-state index in [0.29, 0.717) is 18.2 Å². The Morgan fingerprint density at radius 1 is 1.15 bits per heavy atom. The van der Waals surface area contributed by atoms with Crippen LogP contribution in [0.25, 0.3) is 0 Å². The van der Waals surface area contributed by atoms with Gasteiger partial charge in [-0.1, -0.05) is 26.0 Å². The monoisotopic (exact) mass is 299 g/mol. The van der Waals surface area contributed by atoms with E-state index in [2.05, 4.69) is 12.2 Å². The molecule has 0 aliphatic rings. The van der Waals surface area contributed by atoms with Gasteiger partial charge >= 0.3 is 0 Å². The fraction of sp³-hybridized carbons (Fsp3) is 0.600. The van der Waals surface area contributed by atoms with Crippen LogP contribution in [0.1, 0.15) is 38.3 Å². The molecule has 0 aliphatic heterocycles. The third-order valence-corrected chi connectivity index (χ3v) is 5.04. The zero-order valence-electron chi connectivity index (χ0n) is 12.6. The summed E-state index contributed by atoms with van der Waals surface area (Å²) in [6.45, 7) is 4.21. The molecule has 0 aliphatic carbocycles. The fourth-order valence-corrected chi connectivity index (χ4v) is 3.27. The SMILES string of the molecule is CCCS(=O)(=O)CCOc1ccc(C(CC)NC)cc1.